The van der Waals surface area contributed by atoms with Gasteiger partial charge in [-0.3, -0.25) is 0 Å². The molecule has 1 aromatic carbocycles. The Kier molecular flexibility index (Phi) is 5.67. The van der Waals surface area contributed by atoms with Gasteiger partial charge >= 0.3 is 0 Å². The molecule has 0 aliphatic carbocycles. The molecule has 0 bridgehead atoms. The van der Waals surface area contributed by atoms with Crippen LogP contribution in [0.4, 0.5) is 0 Å². The Morgan fingerprint density at radius 2 is 2.05 bits per heavy atom. The highest BCUT2D eigenvalue weighted by atomic mass is 79.9. The van der Waals surface area contributed by atoms with Gasteiger partial charge in [-0.2, -0.15) is 0 Å². The normalized spacial score (nSPS) is 25.0. The molecule has 19 heavy (non-hydrogen) atoms. The molecule has 0 saturated carbocycles. The minimum absolute atomic E-state index is 0.363. The number of rotatable bonds is 5. The number of quaternary nitrogens is 1. The smallest absolute Gasteiger partial charge is 0.137 e. The lowest BCUT2D eigenvalue weighted by Crippen LogP contribution is -3.14. The van der Waals surface area contributed by atoms with E-state index < -0.39 is 6.10 Å². The van der Waals surface area contributed by atoms with Crippen molar-refractivity contribution in [3.63, 3.8) is 0 Å². The first-order chi connectivity index (χ1) is 9.15. The molecule has 1 aliphatic heterocycles. The molecule has 0 aromatic heterocycles. The SMILES string of the molecule is CC1CC[NH+](C[C@@H](O)COc2ccccc2Br)CC1. The number of likely N-dealkylation sites (tertiary alicyclic amines) is 1. The van der Waals surface area contributed by atoms with Crippen LogP contribution in [0.5, 0.6) is 5.75 Å². The summed E-state index contributed by atoms with van der Waals surface area (Å²) in [7, 11) is 0. The Morgan fingerprint density at radius 3 is 2.74 bits per heavy atom. The monoisotopic (exact) mass is 328 g/mol. The zero-order valence-electron chi connectivity index (χ0n) is 11.4. The predicted molar refractivity (Wildman–Crippen MR) is 79.6 cm³/mol. The lowest BCUT2D eigenvalue weighted by molar-refractivity contribution is -0.909. The fraction of sp³-hybridized carbons (Fsp3) is 0.600. The van der Waals surface area contributed by atoms with Crippen LogP contribution in [-0.2, 0) is 0 Å². The van der Waals surface area contributed by atoms with Crippen molar-refractivity contribution in [2.45, 2.75) is 25.9 Å². The van der Waals surface area contributed by atoms with Gasteiger partial charge in [0, 0.05) is 0 Å². The molecule has 1 fully saturated rings. The minimum Gasteiger partial charge on any atom is -0.489 e. The summed E-state index contributed by atoms with van der Waals surface area (Å²) in [5.41, 5.74) is 0. The molecule has 1 saturated heterocycles. The second-order valence-electron chi connectivity index (χ2n) is 5.53. The van der Waals surface area contributed by atoms with Crippen molar-refractivity contribution in [3.05, 3.63) is 28.7 Å². The van der Waals surface area contributed by atoms with Crippen LogP contribution in [0, 0.1) is 5.92 Å². The Morgan fingerprint density at radius 1 is 1.37 bits per heavy atom. The van der Waals surface area contributed by atoms with Crippen LogP contribution in [-0.4, -0.2) is 37.5 Å². The van der Waals surface area contributed by atoms with E-state index in [0.29, 0.717) is 6.61 Å². The molecule has 1 aliphatic rings. The summed E-state index contributed by atoms with van der Waals surface area (Å²) in [6.45, 7) is 5.81. The predicted octanol–water partition coefficient (Wildman–Crippen LogP) is 1.50. The first kappa shape index (κ1) is 14.8. The van der Waals surface area contributed by atoms with E-state index >= 15 is 0 Å². The van der Waals surface area contributed by atoms with Gasteiger partial charge in [0.05, 0.1) is 17.6 Å². The molecule has 3 nitrogen and oxygen atoms in total. The van der Waals surface area contributed by atoms with E-state index in [1.54, 1.807) is 0 Å². The molecule has 4 heteroatoms. The van der Waals surface area contributed by atoms with E-state index in [0.717, 1.165) is 22.7 Å². The van der Waals surface area contributed by atoms with Gasteiger partial charge in [0.15, 0.2) is 0 Å². The number of ether oxygens (including phenoxy) is 1. The fourth-order valence-corrected chi connectivity index (χ4v) is 2.91. The maximum Gasteiger partial charge on any atom is 0.137 e. The first-order valence-electron chi connectivity index (χ1n) is 7.04. The zero-order chi connectivity index (χ0) is 13.7. The first-order valence-corrected chi connectivity index (χ1v) is 7.83. The van der Waals surface area contributed by atoms with Crippen molar-refractivity contribution in [1.29, 1.82) is 0 Å². The molecule has 2 N–H and O–H groups in total. The van der Waals surface area contributed by atoms with E-state index in [1.807, 2.05) is 24.3 Å². The van der Waals surface area contributed by atoms with Gasteiger partial charge in [-0.25, -0.2) is 0 Å². The Balaban J connectivity index is 1.73. The summed E-state index contributed by atoms with van der Waals surface area (Å²) in [5.74, 6) is 1.64. The van der Waals surface area contributed by atoms with Crippen molar-refractivity contribution >= 4 is 15.9 Å². The summed E-state index contributed by atoms with van der Waals surface area (Å²) in [5, 5.41) is 10.1. The number of nitrogens with one attached hydrogen (secondary N) is 1. The topological polar surface area (TPSA) is 33.9 Å². The van der Waals surface area contributed by atoms with Gasteiger partial charge in [-0.05, 0) is 46.8 Å². The van der Waals surface area contributed by atoms with Crippen LogP contribution in [0.2, 0.25) is 0 Å². The highest BCUT2D eigenvalue weighted by molar-refractivity contribution is 9.10. The van der Waals surface area contributed by atoms with Crippen LogP contribution in [0.15, 0.2) is 28.7 Å². The van der Waals surface area contributed by atoms with Crippen molar-refractivity contribution in [2.24, 2.45) is 5.92 Å². The largest absolute Gasteiger partial charge is 0.489 e. The van der Waals surface area contributed by atoms with Crippen LogP contribution in [0.1, 0.15) is 19.8 Å². The number of para-hydroxylation sites is 1. The summed E-state index contributed by atoms with van der Waals surface area (Å²) in [6.07, 6.45) is 2.15. The molecule has 0 unspecified atom stereocenters. The van der Waals surface area contributed by atoms with Crippen molar-refractivity contribution in [1.82, 2.24) is 0 Å². The van der Waals surface area contributed by atoms with E-state index in [4.69, 9.17) is 4.74 Å². The average molecular weight is 329 g/mol. The van der Waals surface area contributed by atoms with Crippen molar-refractivity contribution in [3.8, 4) is 5.75 Å². The van der Waals surface area contributed by atoms with E-state index in [2.05, 4.69) is 22.9 Å². The van der Waals surface area contributed by atoms with E-state index in [9.17, 15) is 5.11 Å². The Bertz CT molecular complexity index is 391. The highest BCUT2D eigenvalue weighted by Crippen LogP contribution is 2.23. The summed E-state index contributed by atoms with van der Waals surface area (Å²) >= 11 is 3.44. The van der Waals surface area contributed by atoms with Crippen molar-refractivity contribution in [2.75, 3.05) is 26.2 Å². The standard InChI is InChI=1S/C15H22BrNO2/c1-12-6-8-17(9-7-12)10-13(18)11-19-15-5-3-2-4-14(15)16/h2-5,12-13,18H,6-11H2,1H3/p+1/t13-/m1/s1. The number of hydrogen-bond donors (Lipinski definition) is 2. The number of aliphatic hydroxyl groups excluding tert-OH is 1. The lowest BCUT2D eigenvalue weighted by atomic mass is 9.99. The molecule has 1 aromatic rings. The third kappa shape index (κ3) is 4.79. The van der Waals surface area contributed by atoms with Gasteiger partial charge in [0.1, 0.15) is 25.0 Å². The number of halogens is 1. The van der Waals surface area contributed by atoms with Gasteiger partial charge in [-0.1, -0.05) is 19.1 Å². The maximum absolute atomic E-state index is 10.1. The molecule has 1 heterocycles. The molecule has 0 spiro atoms. The van der Waals surface area contributed by atoms with Gasteiger partial charge in [0.25, 0.3) is 0 Å². The summed E-state index contributed by atoms with van der Waals surface area (Å²) in [4.78, 5) is 1.50. The lowest BCUT2D eigenvalue weighted by Gasteiger charge is -2.28. The van der Waals surface area contributed by atoms with Crippen LogP contribution >= 0.6 is 15.9 Å². The molecule has 1 atom stereocenters. The number of benzene rings is 1. The third-order valence-corrected chi connectivity index (χ3v) is 4.43. The van der Waals surface area contributed by atoms with Crippen LogP contribution in [0.25, 0.3) is 0 Å². The number of piperidine rings is 1. The molecule has 0 amide bonds. The quantitative estimate of drug-likeness (QED) is 0.859. The highest BCUT2D eigenvalue weighted by Gasteiger charge is 2.21. The maximum atomic E-state index is 10.1. The van der Waals surface area contributed by atoms with E-state index in [-0.39, 0.29) is 0 Å². The Hall–Kier alpha value is -0.580. The summed E-state index contributed by atoms with van der Waals surface area (Å²) < 4.78 is 6.58. The fourth-order valence-electron chi connectivity index (χ4n) is 2.51. The molecular formula is C15H23BrNO2+. The minimum atomic E-state index is -0.393. The third-order valence-electron chi connectivity index (χ3n) is 3.77. The van der Waals surface area contributed by atoms with E-state index in [1.165, 1.54) is 30.8 Å². The van der Waals surface area contributed by atoms with Gasteiger partial charge in [-0.15, -0.1) is 0 Å². The zero-order valence-corrected chi connectivity index (χ0v) is 13.0. The number of aliphatic hydroxyl groups is 1. The molecule has 2 rings (SSSR count). The second-order valence-corrected chi connectivity index (χ2v) is 6.39. The molecular weight excluding hydrogens is 306 g/mol. The Labute approximate surface area is 123 Å². The summed E-state index contributed by atoms with van der Waals surface area (Å²) in [6, 6.07) is 7.74. The van der Waals surface area contributed by atoms with Gasteiger partial charge in [0.2, 0.25) is 0 Å². The van der Waals surface area contributed by atoms with Crippen LogP contribution < -0.4 is 9.64 Å². The van der Waals surface area contributed by atoms with Crippen LogP contribution in [0.3, 0.4) is 0 Å². The number of hydrogen-bond acceptors (Lipinski definition) is 2. The van der Waals surface area contributed by atoms with Gasteiger partial charge < -0.3 is 14.7 Å². The molecule has 106 valence electrons. The average Bonchev–Trinajstić information content (AvgIpc) is 2.40. The molecule has 0 radical (unpaired) electrons. The van der Waals surface area contributed by atoms with Crippen molar-refractivity contribution < 1.29 is 14.7 Å². The second kappa shape index (κ2) is 7.27.